The molecule has 0 saturated carbocycles. The SMILES string of the molecule is CCOP(=O)(CCOCBr)OCC. The quantitative estimate of drug-likeness (QED) is 0.388. The van der Waals surface area contributed by atoms with Crippen LogP contribution in [-0.2, 0) is 18.3 Å². The standard InChI is InChI=1S/C7H16BrO4P/c1-3-11-13(9,12-4-2)6-5-10-7-8/h3-7H2,1-2H3. The average molecular weight is 275 g/mol. The second-order valence-corrected chi connectivity index (χ2v) is 4.83. The van der Waals surface area contributed by atoms with Gasteiger partial charge in [-0.25, -0.2) is 0 Å². The maximum Gasteiger partial charge on any atom is 0.332 e. The highest BCUT2D eigenvalue weighted by Crippen LogP contribution is 2.47. The molecule has 0 bridgehead atoms. The van der Waals surface area contributed by atoms with E-state index in [9.17, 15) is 4.57 Å². The summed E-state index contributed by atoms with van der Waals surface area (Å²) in [4.78, 5) is 0. The third-order valence-corrected chi connectivity index (χ3v) is 3.60. The summed E-state index contributed by atoms with van der Waals surface area (Å²) >= 11 is 3.10. The van der Waals surface area contributed by atoms with Gasteiger partial charge < -0.3 is 13.8 Å². The highest BCUT2D eigenvalue weighted by Gasteiger charge is 2.22. The summed E-state index contributed by atoms with van der Waals surface area (Å²) < 4.78 is 26.9. The summed E-state index contributed by atoms with van der Waals surface area (Å²) in [5.41, 5.74) is 0.436. The fraction of sp³-hybridized carbons (Fsp3) is 1.00. The van der Waals surface area contributed by atoms with E-state index in [-0.39, 0.29) is 0 Å². The van der Waals surface area contributed by atoms with Crippen molar-refractivity contribution in [3.63, 3.8) is 0 Å². The third-order valence-electron chi connectivity index (χ3n) is 1.24. The number of halogens is 1. The van der Waals surface area contributed by atoms with E-state index in [0.717, 1.165) is 0 Å². The Morgan fingerprint density at radius 3 is 2.15 bits per heavy atom. The Hall–Kier alpha value is 0.590. The van der Waals surface area contributed by atoms with Gasteiger partial charge in [0, 0.05) is 0 Å². The van der Waals surface area contributed by atoms with E-state index in [1.54, 1.807) is 13.8 Å². The Morgan fingerprint density at radius 2 is 1.77 bits per heavy atom. The van der Waals surface area contributed by atoms with Crippen molar-refractivity contribution in [1.29, 1.82) is 0 Å². The fourth-order valence-corrected chi connectivity index (χ4v) is 2.49. The van der Waals surface area contributed by atoms with Gasteiger partial charge in [-0.05, 0) is 13.8 Å². The highest BCUT2D eigenvalue weighted by molar-refractivity contribution is 9.09. The largest absolute Gasteiger partial charge is 0.370 e. The number of hydrogen-bond donors (Lipinski definition) is 0. The van der Waals surface area contributed by atoms with Crippen LogP contribution in [0, 0.1) is 0 Å². The smallest absolute Gasteiger partial charge is 0.332 e. The van der Waals surface area contributed by atoms with E-state index in [2.05, 4.69) is 15.9 Å². The molecule has 0 fully saturated rings. The zero-order valence-corrected chi connectivity index (χ0v) is 10.5. The Labute approximate surface area is 87.6 Å². The maximum absolute atomic E-state index is 11.7. The summed E-state index contributed by atoms with van der Waals surface area (Å²) in [6.07, 6.45) is 0.306. The van der Waals surface area contributed by atoms with Gasteiger partial charge in [0.15, 0.2) is 0 Å². The van der Waals surface area contributed by atoms with Gasteiger partial charge in [0.25, 0.3) is 0 Å². The molecule has 0 aliphatic heterocycles. The molecule has 0 aromatic heterocycles. The molecule has 0 aliphatic carbocycles. The molecule has 0 atom stereocenters. The van der Waals surface area contributed by atoms with Crippen molar-refractivity contribution < 1.29 is 18.3 Å². The Bertz CT molecular complexity index is 155. The lowest BCUT2D eigenvalue weighted by atomic mass is 10.9. The number of ether oxygens (including phenoxy) is 1. The highest BCUT2D eigenvalue weighted by atomic mass is 79.9. The molecule has 0 aromatic rings. The summed E-state index contributed by atoms with van der Waals surface area (Å²) in [6.45, 7) is 4.74. The first-order chi connectivity index (χ1) is 6.18. The molecule has 80 valence electrons. The van der Waals surface area contributed by atoms with Crippen molar-refractivity contribution >= 4 is 23.5 Å². The molecule has 0 unspecified atom stereocenters. The molecule has 4 nitrogen and oxygen atoms in total. The van der Waals surface area contributed by atoms with Gasteiger partial charge in [-0.1, -0.05) is 15.9 Å². The molecular formula is C7H16BrO4P. The van der Waals surface area contributed by atoms with Crippen LogP contribution >= 0.6 is 23.5 Å². The van der Waals surface area contributed by atoms with Crippen LogP contribution in [0.5, 0.6) is 0 Å². The minimum atomic E-state index is -2.89. The monoisotopic (exact) mass is 274 g/mol. The molecule has 6 heteroatoms. The summed E-state index contributed by atoms with van der Waals surface area (Å²) in [7, 11) is -2.89. The lowest BCUT2D eigenvalue weighted by Crippen LogP contribution is -2.05. The van der Waals surface area contributed by atoms with Crippen LogP contribution in [0.2, 0.25) is 0 Å². The van der Waals surface area contributed by atoms with E-state index >= 15 is 0 Å². The lowest BCUT2D eigenvalue weighted by molar-refractivity contribution is 0.180. The Balaban J connectivity index is 3.85. The third kappa shape index (κ3) is 6.63. The fourth-order valence-electron chi connectivity index (χ4n) is 0.791. The van der Waals surface area contributed by atoms with Gasteiger partial charge in [0.05, 0.1) is 26.0 Å². The van der Waals surface area contributed by atoms with Crippen LogP contribution in [0.15, 0.2) is 0 Å². The van der Waals surface area contributed by atoms with Crippen LogP contribution in [0.4, 0.5) is 0 Å². The van der Waals surface area contributed by atoms with E-state index in [1.165, 1.54) is 0 Å². The van der Waals surface area contributed by atoms with Gasteiger partial charge in [-0.15, -0.1) is 0 Å². The van der Waals surface area contributed by atoms with Crippen molar-refractivity contribution in [2.24, 2.45) is 0 Å². The van der Waals surface area contributed by atoms with E-state index in [1.807, 2.05) is 0 Å². The molecule has 0 spiro atoms. The molecular weight excluding hydrogens is 259 g/mol. The van der Waals surface area contributed by atoms with Crippen molar-refractivity contribution in [2.45, 2.75) is 13.8 Å². The first-order valence-corrected chi connectivity index (χ1v) is 7.05. The van der Waals surface area contributed by atoms with Crippen molar-refractivity contribution in [1.82, 2.24) is 0 Å². The first kappa shape index (κ1) is 13.6. The van der Waals surface area contributed by atoms with Crippen LogP contribution < -0.4 is 0 Å². The van der Waals surface area contributed by atoms with E-state index in [0.29, 0.717) is 31.5 Å². The molecule has 0 saturated heterocycles. The Morgan fingerprint density at radius 1 is 1.23 bits per heavy atom. The summed E-state index contributed by atoms with van der Waals surface area (Å²) in [5.74, 6) is 0. The molecule has 0 N–H and O–H groups in total. The van der Waals surface area contributed by atoms with Gasteiger partial charge in [0.2, 0.25) is 0 Å². The molecule has 13 heavy (non-hydrogen) atoms. The van der Waals surface area contributed by atoms with Crippen LogP contribution in [0.3, 0.4) is 0 Å². The van der Waals surface area contributed by atoms with Crippen molar-refractivity contribution in [2.75, 3.05) is 31.5 Å². The average Bonchev–Trinajstić information content (AvgIpc) is 2.05. The normalized spacial score (nSPS) is 11.9. The lowest BCUT2D eigenvalue weighted by Gasteiger charge is -2.16. The first-order valence-electron chi connectivity index (χ1n) is 4.20. The van der Waals surface area contributed by atoms with Crippen LogP contribution in [0.25, 0.3) is 0 Å². The van der Waals surface area contributed by atoms with Crippen LogP contribution in [0.1, 0.15) is 13.8 Å². The number of hydrogen-bond acceptors (Lipinski definition) is 4. The zero-order chi connectivity index (χ0) is 10.2. The molecule has 0 amide bonds. The maximum atomic E-state index is 11.7. The van der Waals surface area contributed by atoms with E-state index in [4.69, 9.17) is 13.8 Å². The molecule has 0 rings (SSSR count). The molecule has 0 aromatic carbocycles. The Kier molecular flexibility index (Phi) is 8.31. The van der Waals surface area contributed by atoms with Gasteiger partial charge in [0.1, 0.15) is 5.52 Å². The second kappa shape index (κ2) is 7.94. The van der Waals surface area contributed by atoms with Crippen molar-refractivity contribution in [3.8, 4) is 0 Å². The molecule has 0 aliphatic rings. The predicted molar refractivity (Wildman–Crippen MR) is 55.5 cm³/mol. The van der Waals surface area contributed by atoms with Crippen LogP contribution in [-0.4, -0.2) is 31.5 Å². The van der Waals surface area contributed by atoms with Gasteiger partial charge in [-0.3, -0.25) is 4.57 Å². The zero-order valence-electron chi connectivity index (χ0n) is 7.99. The predicted octanol–water partition coefficient (Wildman–Crippen LogP) is 2.62. The topological polar surface area (TPSA) is 44.8 Å². The van der Waals surface area contributed by atoms with Gasteiger partial charge >= 0.3 is 7.60 Å². The second-order valence-electron chi connectivity index (χ2n) is 2.19. The van der Waals surface area contributed by atoms with Crippen molar-refractivity contribution in [3.05, 3.63) is 0 Å². The molecule has 0 radical (unpaired) electrons. The minimum absolute atomic E-state index is 0.306. The number of rotatable bonds is 8. The summed E-state index contributed by atoms with van der Waals surface area (Å²) in [5, 5.41) is 0. The minimum Gasteiger partial charge on any atom is -0.370 e. The van der Waals surface area contributed by atoms with Gasteiger partial charge in [-0.2, -0.15) is 0 Å². The number of alkyl halides is 1. The summed E-state index contributed by atoms with van der Waals surface area (Å²) in [6, 6.07) is 0. The van der Waals surface area contributed by atoms with E-state index < -0.39 is 7.60 Å². The molecule has 0 heterocycles.